The molecule has 1 fully saturated rings. The van der Waals surface area contributed by atoms with E-state index in [-0.39, 0.29) is 0 Å². The fraction of sp³-hybridized carbons (Fsp3) is 0.818. The van der Waals surface area contributed by atoms with E-state index in [9.17, 15) is 0 Å². The SMILES string of the molecule is C=C(C)N1CCCC1.CC.CC. The van der Waals surface area contributed by atoms with E-state index >= 15 is 0 Å². The molecule has 0 unspecified atom stereocenters. The number of nitrogens with zero attached hydrogens (tertiary/aromatic N) is 1. The Labute approximate surface area is 78.5 Å². The third-order valence-corrected chi connectivity index (χ3v) is 1.65. The molecule has 0 radical (unpaired) electrons. The van der Waals surface area contributed by atoms with Crippen LogP contribution in [0.3, 0.4) is 0 Å². The topological polar surface area (TPSA) is 3.24 Å². The predicted octanol–water partition coefficient (Wildman–Crippen LogP) is 3.67. The van der Waals surface area contributed by atoms with E-state index in [1.54, 1.807) is 0 Å². The first-order chi connectivity index (χ1) is 5.80. The van der Waals surface area contributed by atoms with Gasteiger partial charge in [0.1, 0.15) is 0 Å². The predicted molar refractivity (Wildman–Crippen MR) is 58.3 cm³/mol. The molecule has 0 bridgehead atoms. The van der Waals surface area contributed by atoms with Gasteiger partial charge in [0.25, 0.3) is 0 Å². The Morgan fingerprint density at radius 3 is 1.50 bits per heavy atom. The maximum absolute atomic E-state index is 3.86. The maximum atomic E-state index is 3.86. The number of hydrogen-bond donors (Lipinski definition) is 0. The molecule has 1 heterocycles. The van der Waals surface area contributed by atoms with Crippen LogP contribution in [0.2, 0.25) is 0 Å². The fourth-order valence-electron chi connectivity index (χ4n) is 1.10. The lowest BCUT2D eigenvalue weighted by Gasteiger charge is -2.15. The van der Waals surface area contributed by atoms with Gasteiger partial charge in [0.15, 0.2) is 0 Å². The van der Waals surface area contributed by atoms with Gasteiger partial charge in [-0.05, 0) is 19.8 Å². The van der Waals surface area contributed by atoms with Crippen LogP contribution in [-0.2, 0) is 0 Å². The molecule has 1 aliphatic heterocycles. The van der Waals surface area contributed by atoms with Gasteiger partial charge in [0.2, 0.25) is 0 Å². The summed E-state index contributed by atoms with van der Waals surface area (Å²) < 4.78 is 0. The number of likely N-dealkylation sites (tertiary alicyclic amines) is 1. The summed E-state index contributed by atoms with van der Waals surface area (Å²) in [5.74, 6) is 0. The van der Waals surface area contributed by atoms with E-state index in [0.29, 0.717) is 0 Å². The zero-order chi connectivity index (χ0) is 9.98. The third kappa shape index (κ3) is 6.26. The molecular formula is C11H25N. The van der Waals surface area contributed by atoms with Gasteiger partial charge >= 0.3 is 0 Å². The summed E-state index contributed by atoms with van der Waals surface area (Å²) in [5.41, 5.74) is 1.22. The normalized spacial score (nSPS) is 13.9. The fourth-order valence-corrected chi connectivity index (χ4v) is 1.10. The summed E-state index contributed by atoms with van der Waals surface area (Å²) in [5, 5.41) is 0. The number of rotatable bonds is 1. The van der Waals surface area contributed by atoms with Gasteiger partial charge in [-0.2, -0.15) is 0 Å². The molecular weight excluding hydrogens is 146 g/mol. The minimum absolute atomic E-state index is 1.22. The van der Waals surface area contributed by atoms with Crippen LogP contribution < -0.4 is 0 Å². The molecule has 12 heavy (non-hydrogen) atoms. The summed E-state index contributed by atoms with van der Waals surface area (Å²) in [6.07, 6.45) is 2.71. The van der Waals surface area contributed by atoms with Crippen molar-refractivity contribution in [3.05, 3.63) is 12.3 Å². The van der Waals surface area contributed by atoms with Crippen molar-refractivity contribution in [1.29, 1.82) is 0 Å². The Kier molecular flexibility index (Phi) is 12.4. The molecule has 0 aromatic heterocycles. The van der Waals surface area contributed by atoms with Crippen molar-refractivity contribution in [1.82, 2.24) is 4.90 Å². The second kappa shape index (κ2) is 10.5. The van der Waals surface area contributed by atoms with Crippen molar-refractivity contribution in [3.8, 4) is 0 Å². The average molecular weight is 171 g/mol. The molecule has 1 nitrogen and oxygen atoms in total. The Morgan fingerprint density at radius 2 is 1.33 bits per heavy atom. The van der Waals surface area contributed by atoms with Gasteiger partial charge in [-0.1, -0.05) is 34.3 Å². The van der Waals surface area contributed by atoms with Crippen molar-refractivity contribution >= 4 is 0 Å². The van der Waals surface area contributed by atoms with Crippen LogP contribution in [0.1, 0.15) is 47.5 Å². The highest BCUT2D eigenvalue weighted by Crippen LogP contribution is 2.11. The van der Waals surface area contributed by atoms with E-state index < -0.39 is 0 Å². The Balaban J connectivity index is 0. The summed E-state index contributed by atoms with van der Waals surface area (Å²) in [7, 11) is 0. The van der Waals surface area contributed by atoms with Crippen molar-refractivity contribution in [2.24, 2.45) is 0 Å². The van der Waals surface area contributed by atoms with Crippen LogP contribution in [-0.4, -0.2) is 18.0 Å². The molecule has 0 spiro atoms. The number of allylic oxidation sites excluding steroid dienone is 1. The summed E-state index contributed by atoms with van der Waals surface area (Å²) in [6.45, 7) is 16.4. The third-order valence-electron chi connectivity index (χ3n) is 1.65. The first-order valence-corrected chi connectivity index (χ1v) is 5.21. The molecule has 0 amide bonds. The zero-order valence-corrected chi connectivity index (χ0v) is 9.48. The quantitative estimate of drug-likeness (QED) is 0.582. The molecule has 0 aromatic carbocycles. The van der Waals surface area contributed by atoms with E-state index in [2.05, 4.69) is 18.4 Å². The molecule has 0 N–H and O–H groups in total. The van der Waals surface area contributed by atoms with E-state index in [1.165, 1.54) is 31.6 Å². The molecule has 0 aliphatic carbocycles. The molecule has 1 saturated heterocycles. The van der Waals surface area contributed by atoms with Gasteiger partial charge in [0, 0.05) is 18.8 Å². The van der Waals surface area contributed by atoms with Crippen LogP contribution in [0.25, 0.3) is 0 Å². The monoisotopic (exact) mass is 171 g/mol. The average Bonchev–Trinajstić information content (AvgIpc) is 2.64. The first kappa shape index (κ1) is 14.1. The van der Waals surface area contributed by atoms with Gasteiger partial charge in [-0.15, -0.1) is 0 Å². The molecule has 1 aliphatic rings. The highest BCUT2D eigenvalue weighted by Gasteiger charge is 2.08. The molecule has 0 aromatic rings. The molecule has 74 valence electrons. The van der Waals surface area contributed by atoms with Gasteiger partial charge < -0.3 is 4.90 Å². The number of hydrogen-bond acceptors (Lipinski definition) is 1. The van der Waals surface area contributed by atoms with E-state index in [4.69, 9.17) is 0 Å². The van der Waals surface area contributed by atoms with Crippen LogP contribution in [0, 0.1) is 0 Å². The minimum atomic E-state index is 1.22. The van der Waals surface area contributed by atoms with Crippen molar-refractivity contribution < 1.29 is 0 Å². The summed E-state index contributed by atoms with van der Waals surface area (Å²) in [6, 6.07) is 0. The lowest BCUT2D eigenvalue weighted by Crippen LogP contribution is -2.15. The molecule has 1 rings (SSSR count). The molecule has 1 heteroatoms. The summed E-state index contributed by atoms with van der Waals surface area (Å²) >= 11 is 0. The Hall–Kier alpha value is -0.460. The summed E-state index contributed by atoms with van der Waals surface area (Å²) in [4.78, 5) is 2.33. The van der Waals surface area contributed by atoms with Gasteiger partial charge in [0.05, 0.1) is 0 Å². The van der Waals surface area contributed by atoms with Gasteiger partial charge in [-0.3, -0.25) is 0 Å². The first-order valence-electron chi connectivity index (χ1n) is 5.21. The lowest BCUT2D eigenvalue weighted by molar-refractivity contribution is 0.430. The Bertz CT molecular complexity index is 91.2. The van der Waals surface area contributed by atoms with Crippen LogP contribution in [0.4, 0.5) is 0 Å². The van der Waals surface area contributed by atoms with Crippen LogP contribution in [0.5, 0.6) is 0 Å². The molecule has 0 atom stereocenters. The highest BCUT2D eigenvalue weighted by atomic mass is 15.1. The van der Waals surface area contributed by atoms with Crippen molar-refractivity contribution in [2.45, 2.75) is 47.5 Å². The smallest absolute Gasteiger partial charge is 0.0175 e. The minimum Gasteiger partial charge on any atom is -0.376 e. The largest absolute Gasteiger partial charge is 0.376 e. The second-order valence-corrected chi connectivity index (χ2v) is 2.43. The van der Waals surface area contributed by atoms with E-state index in [1.807, 2.05) is 27.7 Å². The van der Waals surface area contributed by atoms with E-state index in [0.717, 1.165) is 0 Å². The van der Waals surface area contributed by atoms with Crippen LogP contribution >= 0.6 is 0 Å². The van der Waals surface area contributed by atoms with Crippen molar-refractivity contribution in [2.75, 3.05) is 13.1 Å². The van der Waals surface area contributed by atoms with Gasteiger partial charge in [-0.25, -0.2) is 0 Å². The maximum Gasteiger partial charge on any atom is 0.0175 e. The standard InChI is InChI=1S/C7H13N.2C2H6/c1-7(2)8-5-3-4-6-8;2*1-2/h1,3-6H2,2H3;2*1-2H3. The van der Waals surface area contributed by atoms with Crippen molar-refractivity contribution in [3.63, 3.8) is 0 Å². The van der Waals surface area contributed by atoms with Crippen LogP contribution in [0.15, 0.2) is 12.3 Å². The second-order valence-electron chi connectivity index (χ2n) is 2.43. The Morgan fingerprint density at radius 1 is 1.00 bits per heavy atom. The lowest BCUT2D eigenvalue weighted by atomic mass is 10.4. The molecule has 0 saturated carbocycles. The highest BCUT2D eigenvalue weighted by molar-refractivity contribution is 4.90. The zero-order valence-electron chi connectivity index (χ0n) is 9.48.